The van der Waals surface area contributed by atoms with Gasteiger partial charge in [0.15, 0.2) is 0 Å². The van der Waals surface area contributed by atoms with Crippen LogP contribution in [0.25, 0.3) is 0 Å². The molecule has 2 aromatic carbocycles. The molecule has 0 radical (unpaired) electrons. The fourth-order valence-electron chi connectivity index (χ4n) is 3.08. The van der Waals surface area contributed by atoms with Crippen LogP contribution in [0, 0.1) is 5.82 Å². The van der Waals surface area contributed by atoms with Crippen LogP contribution in [-0.2, 0) is 21.3 Å². The predicted molar refractivity (Wildman–Crippen MR) is 105 cm³/mol. The Labute approximate surface area is 164 Å². The number of anilines is 1. The van der Waals surface area contributed by atoms with Gasteiger partial charge in [-0.25, -0.2) is 12.8 Å². The Kier molecular flexibility index (Phi) is 6.31. The van der Waals surface area contributed by atoms with E-state index in [2.05, 4.69) is 5.32 Å². The van der Waals surface area contributed by atoms with E-state index in [1.165, 1.54) is 18.2 Å². The van der Waals surface area contributed by atoms with Crippen LogP contribution in [0.2, 0.25) is 0 Å². The zero-order valence-corrected chi connectivity index (χ0v) is 16.4. The molecule has 0 aliphatic carbocycles. The molecule has 1 fully saturated rings. The highest BCUT2D eigenvalue weighted by atomic mass is 32.2. The molecule has 0 aromatic heterocycles. The van der Waals surface area contributed by atoms with E-state index < -0.39 is 15.8 Å². The Hall–Kier alpha value is -2.45. The number of benzene rings is 2. The number of para-hydroxylation sites is 1. The fourth-order valence-corrected chi connectivity index (χ4v) is 3.97. The summed E-state index contributed by atoms with van der Waals surface area (Å²) in [6, 6.07) is 12.3. The number of halogens is 1. The van der Waals surface area contributed by atoms with E-state index >= 15 is 0 Å². The van der Waals surface area contributed by atoms with Crippen molar-refractivity contribution in [2.45, 2.75) is 25.5 Å². The zero-order valence-electron chi connectivity index (χ0n) is 15.6. The molecule has 1 aliphatic heterocycles. The normalized spacial score (nSPS) is 16.7. The third-order valence-electron chi connectivity index (χ3n) is 4.58. The molecule has 28 heavy (non-hydrogen) atoms. The predicted octanol–water partition coefficient (Wildman–Crippen LogP) is 2.70. The van der Waals surface area contributed by atoms with Crippen molar-refractivity contribution in [2.75, 3.05) is 23.7 Å². The molecule has 1 amide bonds. The van der Waals surface area contributed by atoms with E-state index in [-0.39, 0.29) is 24.2 Å². The maximum atomic E-state index is 14.1. The van der Waals surface area contributed by atoms with Crippen LogP contribution in [0.4, 0.5) is 10.1 Å². The molecule has 0 unspecified atom stereocenters. The highest BCUT2D eigenvalue weighted by Crippen LogP contribution is 2.24. The monoisotopic (exact) mass is 406 g/mol. The SMILES string of the molecule is CS(=O)(=O)N(Cc1ccc(C(=O)NC[C@H]2CCCO2)cc1)c1ccccc1F. The quantitative estimate of drug-likeness (QED) is 0.767. The molecule has 8 heteroatoms. The third kappa shape index (κ3) is 5.08. The fraction of sp³-hybridized carbons (Fsp3) is 0.350. The maximum absolute atomic E-state index is 14.1. The number of nitrogens with zero attached hydrogens (tertiary/aromatic N) is 1. The molecular formula is C20H23FN2O4S. The number of carbonyl (C=O) groups excluding carboxylic acids is 1. The molecule has 2 aromatic rings. The summed E-state index contributed by atoms with van der Waals surface area (Å²) in [5.74, 6) is -0.825. The van der Waals surface area contributed by atoms with Gasteiger partial charge in [0.25, 0.3) is 5.91 Å². The Balaban J connectivity index is 1.69. The van der Waals surface area contributed by atoms with Crippen LogP contribution in [0.5, 0.6) is 0 Å². The molecule has 0 saturated carbocycles. The van der Waals surface area contributed by atoms with Gasteiger partial charge >= 0.3 is 0 Å². The second-order valence-corrected chi connectivity index (χ2v) is 8.67. The molecule has 150 valence electrons. The first kappa shape index (κ1) is 20.3. The third-order valence-corrected chi connectivity index (χ3v) is 5.70. The van der Waals surface area contributed by atoms with Crippen LogP contribution >= 0.6 is 0 Å². The van der Waals surface area contributed by atoms with E-state index in [1.54, 1.807) is 30.3 Å². The van der Waals surface area contributed by atoms with E-state index in [0.717, 1.165) is 30.0 Å². The van der Waals surface area contributed by atoms with Crippen molar-refractivity contribution in [1.82, 2.24) is 5.32 Å². The van der Waals surface area contributed by atoms with Gasteiger partial charge in [0, 0.05) is 18.7 Å². The lowest BCUT2D eigenvalue weighted by atomic mass is 10.1. The van der Waals surface area contributed by atoms with Gasteiger partial charge in [-0.3, -0.25) is 9.10 Å². The van der Waals surface area contributed by atoms with Gasteiger partial charge in [-0.2, -0.15) is 0 Å². The molecule has 1 saturated heterocycles. The van der Waals surface area contributed by atoms with Crippen LogP contribution in [-0.4, -0.2) is 39.8 Å². The summed E-state index contributed by atoms with van der Waals surface area (Å²) in [5.41, 5.74) is 1.10. The highest BCUT2D eigenvalue weighted by Gasteiger charge is 2.21. The van der Waals surface area contributed by atoms with Crippen LogP contribution in [0.1, 0.15) is 28.8 Å². The minimum absolute atomic E-state index is 0.0108. The lowest BCUT2D eigenvalue weighted by molar-refractivity contribution is 0.0858. The van der Waals surface area contributed by atoms with E-state index in [9.17, 15) is 17.6 Å². The lowest BCUT2D eigenvalue weighted by Crippen LogP contribution is -2.32. The number of hydrogen-bond acceptors (Lipinski definition) is 4. The summed E-state index contributed by atoms with van der Waals surface area (Å²) in [6.45, 7) is 1.17. The van der Waals surface area contributed by atoms with Crippen LogP contribution in [0.3, 0.4) is 0 Å². The molecule has 1 heterocycles. The van der Waals surface area contributed by atoms with Gasteiger partial charge in [0.2, 0.25) is 10.0 Å². The molecule has 0 bridgehead atoms. The summed E-state index contributed by atoms with van der Waals surface area (Å²) >= 11 is 0. The lowest BCUT2D eigenvalue weighted by Gasteiger charge is -2.23. The summed E-state index contributed by atoms with van der Waals surface area (Å²) in [6.07, 6.45) is 3.05. The summed E-state index contributed by atoms with van der Waals surface area (Å²) < 4.78 is 44.9. The summed E-state index contributed by atoms with van der Waals surface area (Å²) in [5, 5.41) is 2.84. The Morgan fingerprint density at radius 1 is 1.21 bits per heavy atom. The van der Waals surface area contributed by atoms with Gasteiger partial charge in [0.05, 0.1) is 24.6 Å². The van der Waals surface area contributed by atoms with Crippen molar-refractivity contribution in [1.29, 1.82) is 0 Å². The number of sulfonamides is 1. The first-order valence-electron chi connectivity index (χ1n) is 9.05. The van der Waals surface area contributed by atoms with E-state index in [1.807, 2.05) is 0 Å². The van der Waals surface area contributed by atoms with Gasteiger partial charge < -0.3 is 10.1 Å². The summed E-state index contributed by atoms with van der Waals surface area (Å²) in [7, 11) is -3.68. The van der Waals surface area contributed by atoms with Crippen molar-refractivity contribution >= 4 is 21.6 Å². The molecule has 3 rings (SSSR count). The Bertz CT molecular complexity index is 925. The number of amides is 1. The Morgan fingerprint density at radius 3 is 2.54 bits per heavy atom. The molecule has 1 N–H and O–H groups in total. The van der Waals surface area contributed by atoms with Gasteiger partial charge in [-0.05, 0) is 42.7 Å². The molecule has 0 spiro atoms. The molecule has 6 nitrogen and oxygen atoms in total. The minimum atomic E-state index is -3.68. The average molecular weight is 406 g/mol. The first-order valence-corrected chi connectivity index (χ1v) is 10.9. The van der Waals surface area contributed by atoms with Crippen molar-refractivity contribution in [3.63, 3.8) is 0 Å². The number of carbonyl (C=O) groups is 1. The minimum Gasteiger partial charge on any atom is -0.376 e. The van der Waals surface area contributed by atoms with Gasteiger partial charge in [0.1, 0.15) is 5.82 Å². The van der Waals surface area contributed by atoms with E-state index in [4.69, 9.17) is 4.74 Å². The largest absolute Gasteiger partial charge is 0.376 e. The number of nitrogens with one attached hydrogen (secondary N) is 1. The first-order chi connectivity index (χ1) is 13.3. The van der Waals surface area contributed by atoms with Crippen LogP contribution < -0.4 is 9.62 Å². The van der Waals surface area contributed by atoms with Crippen molar-refractivity contribution < 1.29 is 22.3 Å². The highest BCUT2D eigenvalue weighted by molar-refractivity contribution is 7.92. The number of hydrogen-bond donors (Lipinski definition) is 1. The van der Waals surface area contributed by atoms with Gasteiger partial charge in [-0.1, -0.05) is 24.3 Å². The van der Waals surface area contributed by atoms with Crippen molar-refractivity contribution in [3.05, 3.63) is 65.5 Å². The van der Waals surface area contributed by atoms with Crippen LogP contribution in [0.15, 0.2) is 48.5 Å². The smallest absolute Gasteiger partial charge is 0.251 e. The standard InChI is InChI=1S/C20H23FN2O4S/c1-28(25,26)23(19-7-3-2-6-18(19)21)14-15-8-10-16(11-9-15)20(24)22-13-17-5-4-12-27-17/h2-3,6-11,17H,4-5,12-14H2,1H3,(H,22,24)/t17-/m1/s1. The number of ether oxygens (including phenoxy) is 1. The second kappa shape index (κ2) is 8.70. The summed E-state index contributed by atoms with van der Waals surface area (Å²) in [4.78, 5) is 12.2. The van der Waals surface area contributed by atoms with Crippen molar-refractivity contribution in [3.8, 4) is 0 Å². The Morgan fingerprint density at radius 2 is 1.93 bits per heavy atom. The topological polar surface area (TPSA) is 75.7 Å². The molecule has 1 atom stereocenters. The zero-order chi connectivity index (χ0) is 20.1. The van der Waals surface area contributed by atoms with Crippen molar-refractivity contribution in [2.24, 2.45) is 0 Å². The molecule has 1 aliphatic rings. The average Bonchev–Trinajstić information content (AvgIpc) is 3.18. The van der Waals surface area contributed by atoms with Gasteiger partial charge in [-0.15, -0.1) is 0 Å². The second-order valence-electron chi connectivity index (χ2n) is 6.76. The molecular weight excluding hydrogens is 383 g/mol. The van der Waals surface area contributed by atoms with E-state index in [0.29, 0.717) is 17.7 Å². The maximum Gasteiger partial charge on any atom is 0.251 e. The number of rotatable bonds is 7.